The third-order valence-corrected chi connectivity index (χ3v) is 6.67. The number of ether oxygens (including phenoxy) is 2. The van der Waals surface area contributed by atoms with Gasteiger partial charge >= 0.3 is 0 Å². The first kappa shape index (κ1) is 24.3. The fourth-order valence-electron chi connectivity index (χ4n) is 4.70. The van der Waals surface area contributed by atoms with E-state index in [1.54, 1.807) is 19.2 Å². The van der Waals surface area contributed by atoms with Crippen LogP contribution in [0.3, 0.4) is 0 Å². The Kier molecular flexibility index (Phi) is 8.22. The van der Waals surface area contributed by atoms with E-state index in [9.17, 15) is 9.18 Å². The summed E-state index contributed by atoms with van der Waals surface area (Å²) < 4.78 is 26.7. The van der Waals surface area contributed by atoms with E-state index in [4.69, 9.17) is 9.47 Å². The molecule has 2 aromatic carbocycles. The van der Waals surface area contributed by atoms with E-state index < -0.39 is 0 Å². The monoisotopic (exact) mass is 466 g/mol. The molecule has 6 heteroatoms. The lowest BCUT2D eigenvalue weighted by molar-refractivity contribution is 0.0981. The predicted molar refractivity (Wildman–Crippen MR) is 133 cm³/mol. The molecule has 34 heavy (non-hydrogen) atoms. The molecule has 0 saturated carbocycles. The van der Waals surface area contributed by atoms with Gasteiger partial charge in [0.05, 0.1) is 7.11 Å². The minimum absolute atomic E-state index is 0.182. The highest BCUT2D eigenvalue weighted by atomic mass is 19.1. The number of likely N-dealkylation sites (tertiary alicyclic amines) is 1. The van der Waals surface area contributed by atoms with Crippen LogP contribution in [0, 0.1) is 5.82 Å². The molecule has 0 aliphatic carbocycles. The first-order chi connectivity index (χ1) is 16.6. The third kappa shape index (κ3) is 5.98. The summed E-state index contributed by atoms with van der Waals surface area (Å²) in [5.41, 5.74) is 1.90. The Balaban J connectivity index is 1.32. The molecule has 1 fully saturated rings. The van der Waals surface area contributed by atoms with Crippen LogP contribution in [0.1, 0.15) is 55.8 Å². The number of benzene rings is 2. The zero-order chi connectivity index (χ0) is 23.9. The molecular weight excluding hydrogens is 431 g/mol. The van der Waals surface area contributed by atoms with E-state index in [2.05, 4.69) is 22.5 Å². The molecule has 182 valence electrons. The lowest BCUT2D eigenvalue weighted by atomic mass is 10.0. The number of nitrogens with zero attached hydrogens (tertiary/aromatic N) is 2. The molecule has 0 amide bonds. The fourth-order valence-corrected chi connectivity index (χ4v) is 4.70. The SMILES string of the molecule is CCCCC(=O)c1cn(CCCN2CCC(Oc3ccc(F)cc3)CC2)c2ccc(OC)cc12. The molecule has 3 aromatic rings. The summed E-state index contributed by atoms with van der Waals surface area (Å²) >= 11 is 0. The Morgan fingerprint density at radius 2 is 1.76 bits per heavy atom. The number of rotatable bonds is 11. The first-order valence-corrected chi connectivity index (χ1v) is 12.4. The number of halogens is 1. The molecule has 0 atom stereocenters. The molecule has 0 spiro atoms. The van der Waals surface area contributed by atoms with Crippen LogP contribution in [0.2, 0.25) is 0 Å². The van der Waals surface area contributed by atoms with Crippen molar-refractivity contribution in [3.63, 3.8) is 0 Å². The number of ketones is 1. The maximum absolute atomic E-state index is 13.1. The molecule has 1 aliphatic heterocycles. The first-order valence-electron chi connectivity index (χ1n) is 12.4. The summed E-state index contributed by atoms with van der Waals surface area (Å²) in [4.78, 5) is 15.3. The average Bonchev–Trinajstić information content (AvgIpc) is 3.23. The van der Waals surface area contributed by atoms with E-state index in [0.717, 1.165) is 86.2 Å². The van der Waals surface area contributed by atoms with Crippen LogP contribution in [0.25, 0.3) is 10.9 Å². The van der Waals surface area contributed by atoms with Crippen molar-refractivity contribution in [2.75, 3.05) is 26.7 Å². The normalized spacial score (nSPS) is 15.0. The number of hydrogen-bond donors (Lipinski definition) is 0. The minimum atomic E-state index is -0.241. The van der Waals surface area contributed by atoms with E-state index >= 15 is 0 Å². The number of carbonyl (C=O) groups excluding carboxylic acids is 1. The molecule has 5 nitrogen and oxygen atoms in total. The number of unbranched alkanes of at least 4 members (excludes halogenated alkanes) is 1. The van der Waals surface area contributed by atoms with Gasteiger partial charge < -0.3 is 18.9 Å². The number of hydrogen-bond acceptors (Lipinski definition) is 4. The second-order valence-electron chi connectivity index (χ2n) is 9.11. The number of methoxy groups -OCH3 is 1. The number of carbonyl (C=O) groups is 1. The van der Waals surface area contributed by atoms with Crippen molar-refractivity contribution in [3.8, 4) is 11.5 Å². The van der Waals surface area contributed by atoms with Crippen LogP contribution >= 0.6 is 0 Å². The quantitative estimate of drug-likeness (QED) is 0.321. The minimum Gasteiger partial charge on any atom is -0.497 e. The number of piperidine rings is 1. The third-order valence-electron chi connectivity index (χ3n) is 6.67. The molecular formula is C28H35FN2O3. The summed E-state index contributed by atoms with van der Waals surface area (Å²) in [5, 5.41) is 0.985. The van der Waals surface area contributed by atoms with E-state index in [0.29, 0.717) is 6.42 Å². The standard InChI is InChI=1S/C28H35FN2O3/c1-3-4-6-28(32)26-20-31(27-12-11-24(33-2)19-25(26)27)16-5-15-30-17-13-23(14-18-30)34-22-9-7-21(29)8-10-22/h7-12,19-20,23H,3-6,13-18H2,1-2H3. The summed E-state index contributed by atoms with van der Waals surface area (Å²) in [6.07, 6.45) is 7.69. The van der Waals surface area contributed by atoms with Gasteiger partial charge in [-0.1, -0.05) is 13.3 Å². The van der Waals surface area contributed by atoms with Crippen molar-refractivity contribution < 1.29 is 18.7 Å². The van der Waals surface area contributed by atoms with Crippen LogP contribution in [-0.2, 0) is 6.54 Å². The predicted octanol–water partition coefficient (Wildman–Crippen LogP) is 6.10. The second kappa shape index (κ2) is 11.5. The second-order valence-corrected chi connectivity index (χ2v) is 9.11. The number of Topliss-reactive ketones (excluding diaryl/α,β-unsaturated/α-hetero) is 1. The van der Waals surface area contributed by atoms with Crippen molar-refractivity contribution in [2.24, 2.45) is 0 Å². The van der Waals surface area contributed by atoms with Crippen molar-refractivity contribution in [1.29, 1.82) is 0 Å². The van der Waals surface area contributed by atoms with Gasteiger partial charge in [0, 0.05) is 48.7 Å². The molecule has 4 rings (SSSR count). The molecule has 0 unspecified atom stereocenters. The molecule has 1 aliphatic rings. The van der Waals surface area contributed by atoms with Gasteiger partial charge in [0.1, 0.15) is 23.4 Å². The van der Waals surface area contributed by atoms with Gasteiger partial charge in [0.25, 0.3) is 0 Å². The van der Waals surface area contributed by atoms with Gasteiger partial charge in [0.15, 0.2) is 5.78 Å². The Labute approximate surface area is 201 Å². The van der Waals surface area contributed by atoms with Gasteiger partial charge in [-0.15, -0.1) is 0 Å². The van der Waals surface area contributed by atoms with E-state index in [1.807, 2.05) is 18.3 Å². The number of aryl methyl sites for hydroxylation is 1. The lowest BCUT2D eigenvalue weighted by Crippen LogP contribution is -2.38. The Morgan fingerprint density at radius 1 is 1.03 bits per heavy atom. The molecule has 0 bridgehead atoms. The maximum atomic E-state index is 13.1. The van der Waals surface area contributed by atoms with Crippen LogP contribution in [0.5, 0.6) is 11.5 Å². The van der Waals surface area contributed by atoms with Crippen molar-refractivity contribution in [2.45, 2.75) is 58.1 Å². The van der Waals surface area contributed by atoms with Crippen molar-refractivity contribution in [3.05, 3.63) is 60.0 Å². The molecule has 0 N–H and O–H groups in total. The van der Waals surface area contributed by atoms with Crippen LogP contribution < -0.4 is 9.47 Å². The average molecular weight is 467 g/mol. The van der Waals surface area contributed by atoms with Crippen LogP contribution in [-0.4, -0.2) is 48.1 Å². The molecule has 1 aromatic heterocycles. The zero-order valence-electron chi connectivity index (χ0n) is 20.3. The topological polar surface area (TPSA) is 43.7 Å². The molecule has 0 radical (unpaired) electrons. The molecule has 1 saturated heterocycles. The Hall–Kier alpha value is -2.86. The van der Waals surface area contributed by atoms with Crippen molar-refractivity contribution >= 4 is 16.7 Å². The van der Waals surface area contributed by atoms with Gasteiger partial charge in [-0.3, -0.25) is 4.79 Å². The smallest absolute Gasteiger partial charge is 0.165 e. The van der Waals surface area contributed by atoms with Gasteiger partial charge in [-0.05, 0) is 74.7 Å². The Morgan fingerprint density at radius 3 is 2.47 bits per heavy atom. The zero-order valence-corrected chi connectivity index (χ0v) is 20.3. The van der Waals surface area contributed by atoms with Gasteiger partial charge in [-0.25, -0.2) is 4.39 Å². The highest BCUT2D eigenvalue weighted by Crippen LogP contribution is 2.28. The van der Waals surface area contributed by atoms with Crippen LogP contribution in [0.4, 0.5) is 4.39 Å². The van der Waals surface area contributed by atoms with Gasteiger partial charge in [0.2, 0.25) is 0 Å². The lowest BCUT2D eigenvalue weighted by Gasteiger charge is -2.32. The molecule has 2 heterocycles. The Bertz CT molecular complexity index is 1080. The number of aromatic nitrogens is 1. The summed E-state index contributed by atoms with van der Waals surface area (Å²) in [7, 11) is 1.66. The highest BCUT2D eigenvalue weighted by molar-refractivity contribution is 6.08. The van der Waals surface area contributed by atoms with E-state index in [-0.39, 0.29) is 17.7 Å². The van der Waals surface area contributed by atoms with E-state index in [1.165, 1.54) is 12.1 Å². The van der Waals surface area contributed by atoms with Gasteiger partial charge in [-0.2, -0.15) is 0 Å². The summed E-state index contributed by atoms with van der Waals surface area (Å²) in [6.45, 7) is 5.98. The largest absolute Gasteiger partial charge is 0.497 e. The summed E-state index contributed by atoms with van der Waals surface area (Å²) in [5.74, 6) is 1.48. The summed E-state index contributed by atoms with van der Waals surface area (Å²) in [6, 6.07) is 12.3. The van der Waals surface area contributed by atoms with Crippen LogP contribution in [0.15, 0.2) is 48.7 Å². The van der Waals surface area contributed by atoms with Crippen molar-refractivity contribution in [1.82, 2.24) is 9.47 Å². The number of fused-ring (bicyclic) bond motifs is 1. The maximum Gasteiger partial charge on any atom is 0.165 e. The highest BCUT2D eigenvalue weighted by Gasteiger charge is 2.21. The fraction of sp³-hybridized carbons (Fsp3) is 0.464.